The zero-order chi connectivity index (χ0) is 15.7. The highest BCUT2D eigenvalue weighted by Gasteiger charge is 2.13. The molecule has 7 heteroatoms. The highest BCUT2D eigenvalue weighted by Crippen LogP contribution is 2.05. The van der Waals surface area contributed by atoms with Gasteiger partial charge in [0.2, 0.25) is 0 Å². The van der Waals surface area contributed by atoms with Gasteiger partial charge in [0, 0.05) is 12.7 Å². The first-order valence-corrected chi connectivity index (χ1v) is 6.81. The summed E-state index contributed by atoms with van der Waals surface area (Å²) in [7, 11) is 0. The fourth-order valence-electron chi connectivity index (χ4n) is 1.95. The van der Waals surface area contributed by atoms with Crippen molar-refractivity contribution < 1.29 is 19.8 Å². The van der Waals surface area contributed by atoms with Gasteiger partial charge in [-0.2, -0.15) is 0 Å². The van der Waals surface area contributed by atoms with Gasteiger partial charge < -0.3 is 15.9 Å². The third kappa shape index (κ3) is 7.38. The second-order valence-corrected chi connectivity index (χ2v) is 4.87. The van der Waals surface area contributed by atoms with Gasteiger partial charge in [-0.1, -0.05) is 12.5 Å². The smallest absolute Gasteiger partial charge is 0.320 e. The van der Waals surface area contributed by atoms with Crippen molar-refractivity contribution in [2.75, 3.05) is 13.1 Å². The van der Waals surface area contributed by atoms with E-state index in [1.54, 1.807) is 17.2 Å². The van der Waals surface area contributed by atoms with Crippen LogP contribution >= 0.6 is 0 Å². The van der Waals surface area contributed by atoms with Gasteiger partial charge in [0.15, 0.2) is 0 Å². The maximum atomic E-state index is 10.9. The van der Waals surface area contributed by atoms with Crippen LogP contribution in [0.2, 0.25) is 0 Å². The minimum atomic E-state index is -1.01. The van der Waals surface area contributed by atoms with Crippen molar-refractivity contribution in [2.45, 2.75) is 31.8 Å². The number of carboxylic acid groups (broad SMARTS) is 2. The van der Waals surface area contributed by atoms with Crippen molar-refractivity contribution in [3.8, 4) is 0 Å². The third-order valence-corrected chi connectivity index (χ3v) is 3.03. The molecule has 0 fully saturated rings. The minimum absolute atomic E-state index is 0.0679. The number of nitrogens with two attached hydrogens (primary N) is 1. The Hall–Kier alpha value is -1.99. The number of carbonyl (C=O) groups is 2. The Labute approximate surface area is 123 Å². The highest BCUT2D eigenvalue weighted by molar-refractivity contribution is 5.72. The number of pyridine rings is 1. The Morgan fingerprint density at radius 3 is 2.62 bits per heavy atom. The van der Waals surface area contributed by atoms with E-state index in [-0.39, 0.29) is 6.54 Å². The molecule has 7 nitrogen and oxygen atoms in total. The SMILES string of the molecule is N[C@@H](CCCCN(CC(=O)O)Cc1ccccn1)C(=O)O. The molecule has 0 spiro atoms. The van der Waals surface area contributed by atoms with Gasteiger partial charge in [0.05, 0.1) is 12.2 Å². The van der Waals surface area contributed by atoms with Crippen LogP contribution in [0.15, 0.2) is 24.4 Å². The summed E-state index contributed by atoms with van der Waals surface area (Å²) in [5, 5.41) is 17.6. The zero-order valence-electron chi connectivity index (χ0n) is 11.8. The van der Waals surface area contributed by atoms with Crippen molar-refractivity contribution in [1.82, 2.24) is 9.88 Å². The third-order valence-electron chi connectivity index (χ3n) is 3.03. The van der Waals surface area contributed by atoms with Crippen LogP contribution in [0.1, 0.15) is 25.0 Å². The molecule has 1 rings (SSSR count). The van der Waals surface area contributed by atoms with E-state index in [1.807, 2.05) is 12.1 Å². The molecule has 0 bridgehead atoms. The summed E-state index contributed by atoms with van der Waals surface area (Å²) in [5.74, 6) is -1.90. The molecule has 0 saturated heterocycles. The summed E-state index contributed by atoms with van der Waals surface area (Å²) >= 11 is 0. The van der Waals surface area contributed by atoms with Gasteiger partial charge >= 0.3 is 11.9 Å². The van der Waals surface area contributed by atoms with Gasteiger partial charge in [-0.25, -0.2) is 0 Å². The number of unbranched alkanes of at least 4 members (excludes halogenated alkanes) is 1. The van der Waals surface area contributed by atoms with Gasteiger partial charge in [-0.05, 0) is 31.5 Å². The van der Waals surface area contributed by atoms with Crippen molar-refractivity contribution in [3.63, 3.8) is 0 Å². The van der Waals surface area contributed by atoms with E-state index in [0.29, 0.717) is 32.4 Å². The number of aromatic nitrogens is 1. The summed E-state index contributed by atoms with van der Waals surface area (Å²) in [6.07, 6.45) is 3.40. The zero-order valence-corrected chi connectivity index (χ0v) is 11.8. The Kier molecular flexibility index (Phi) is 7.34. The topological polar surface area (TPSA) is 117 Å². The first-order valence-electron chi connectivity index (χ1n) is 6.81. The molecule has 116 valence electrons. The lowest BCUT2D eigenvalue weighted by atomic mass is 10.1. The van der Waals surface area contributed by atoms with E-state index in [1.165, 1.54) is 0 Å². The molecule has 4 N–H and O–H groups in total. The molecule has 1 aromatic rings. The molecule has 1 heterocycles. The summed E-state index contributed by atoms with van der Waals surface area (Å²) in [6.45, 7) is 0.953. The lowest BCUT2D eigenvalue weighted by molar-refractivity contribution is -0.139. The molecular weight excluding hydrogens is 274 g/mol. The Morgan fingerprint density at radius 1 is 1.29 bits per heavy atom. The molecule has 1 aromatic heterocycles. The van der Waals surface area contributed by atoms with Crippen LogP contribution in [0.5, 0.6) is 0 Å². The van der Waals surface area contributed by atoms with Crippen LogP contribution in [0.4, 0.5) is 0 Å². The minimum Gasteiger partial charge on any atom is -0.480 e. The van der Waals surface area contributed by atoms with Crippen LogP contribution in [0.25, 0.3) is 0 Å². The number of carboxylic acids is 2. The van der Waals surface area contributed by atoms with Crippen molar-refractivity contribution in [3.05, 3.63) is 30.1 Å². The largest absolute Gasteiger partial charge is 0.480 e. The normalized spacial score (nSPS) is 12.3. The number of hydrogen-bond acceptors (Lipinski definition) is 5. The van der Waals surface area contributed by atoms with E-state index >= 15 is 0 Å². The van der Waals surface area contributed by atoms with Crippen LogP contribution in [-0.4, -0.2) is 51.2 Å². The van der Waals surface area contributed by atoms with Gasteiger partial charge in [0.25, 0.3) is 0 Å². The summed E-state index contributed by atoms with van der Waals surface area (Å²) < 4.78 is 0. The first kappa shape index (κ1) is 17.1. The molecule has 0 aliphatic rings. The predicted octanol–water partition coefficient (Wildman–Crippen LogP) is 0.550. The Bertz CT molecular complexity index is 453. The van der Waals surface area contributed by atoms with Gasteiger partial charge in [-0.3, -0.25) is 19.5 Å². The molecule has 0 saturated carbocycles. The van der Waals surface area contributed by atoms with Crippen molar-refractivity contribution >= 4 is 11.9 Å². The summed E-state index contributed by atoms with van der Waals surface area (Å²) in [4.78, 5) is 27.4. The Balaban J connectivity index is 2.40. The standard InChI is InChI=1S/C14H21N3O4/c15-12(14(20)21)6-2-4-8-17(10-13(18)19)9-11-5-1-3-7-16-11/h1,3,5,7,12H,2,4,6,8-10,15H2,(H,18,19)(H,20,21)/t12-/m0/s1. The van der Waals surface area contributed by atoms with Crippen LogP contribution in [0.3, 0.4) is 0 Å². The summed E-state index contributed by atoms with van der Waals surface area (Å²) in [5.41, 5.74) is 6.23. The average molecular weight is 295 g/mol. The molecule has 0 amide bonds. The molecule has 0 aliphatic carbocycles. The predicted molar refractivity (Wildman–Crippen MR) is 76.6 cm³/mol. The lowest BCUT2D eigenvalue weighted by Gasteiger charge is -2.19. The van der Waals surface area contributed by atoms with Crippen LogP contribution in [-0.2, 0) is 16.1 Å². The quantitative estimate of drug-likeness (QED) is 0.540. The van der Waals surface area contributed by atoms with Gasteiger partial charge in [0.1, 0.15) is 6.04 Å². The fraction of sp³-hybridized carbons (Fsp3) is 0.500. The second kappa shape index (κ2) is 9.04. The molecule has 1 atom stereocenters. The highest BCUT2D eigenvalue weighted by atomic mass is 16.4. The number of rotatable bonds is 10. The van der Waals surface area contributed by atoms with Crippen LogP contribution < -0.4 is 5.73 Å². The fourth-order valence-corrected chi connectivity index (χ4v) is 1.95. The maximum Gasteiger partial charge on any atom is 0.320 e. The maximum absolute atomic E-state index is 10.9. The van der Waals surface area contributed by atoms with Crippen molar-refractivity contribution in [2.24, 2.45) is 5.73 Å². The number of hydrogen-bond donors (Lipinski definition) is 3. The monoisotopic (exact) mass is 295 g/mol. The number of nitrogens with zero attached hydrogens (tertiary/aromatic N) is 2. The average Bonchev–Trinajstić information content (AvgIpc) is 2.43. The summed E-state index contributed by atoms with van der Waals surface area (Å²) in [6, 6.07) is 4.65. The van der Waals surface area contributed by atoms with Gasteiger partial charge in [-0.15, -0.1) is 0 Å². The van der Waals surface area contributed by atoms with E-state index in [2.05, 4.69) is 4.98 Å². The Morgan fingerprint density at radius 2 is 2.05 bits per heavy atom. The van der Waals surface area contributed by atoms with E-state index in [9.17, 15) is 9.59 Å². The van der Waals surface area contributed by atoms with Crippen molar-refractivity contribution in [1.29, 1.82) is 0 Å². The molecular formula is C14H21N3O4. The lowest BCUT2D eigenvalue weighted by Crippen LogP contribution is -2.32. The molecule has 0 aromatic carbocycles. The molecule has 0 unspecified atom stereocenters. The molecule has 0 aliphatic heterocycles. The molecule has 21 heavy (non-hydrogen) atoms. The first-order chi connectivity index (χ1) is 9.99. The van der Waals surface area contributed by atoms with E-state index in [4.69, 9.17) is 15.9 Å². The number of aliphatic carboxylic acids is 2. The second-order valence-electron chi connectivity index (χ2n) is 4.87. The van der Waals surface area contributed by atoms with E-state index < -0.39 is 18.0 Å². The van der Waals surface area contributed by atoms with Crippen LogP contribution in [0, 0.1) is 0 Å². The molecule has 0 radical (unpaired) electrons. The van der Waals surface area contributed by atoms with E-state index in [0.717, 1.165) is 5.69 Å².